The third-order valence-corrected chi connectivity index (χ3v) is 4.80. The fourth-order valence-electron chi connectivity index (χ4n) is 2.25. The Morgan fingerprint density at radius 1 is 0.947 bits per heavy atom. The summed E-state index contributed by atoms with van der Waals surface area (Å²) in [6.07, 6.45) is 2.79. The van der Waals surface area contributed by atoms with E-state index in [0.717, 1.165) is 18.4 Å². The van der Waals surface area contributed by atoms with E-state index in [1.165, 1.54) is 15.3 Å². The first-order valence-electron chi connectivity index (χ1n) is 6.94. The molecule has 0 radical (unpaired) electrons. The van der Waals surface area contributed by atoms with Gasteiger partial charge in [0.2, 0.25) is 0 Å². The Bertz CT molecular complexity index is 522. The molecule has 1 atom stereocenters. The average molecular weight is 274 g/mol. The second-order valence-corrected chi connectivity index (χ2v) is 6.48. The maximum atomic E-state index is 10.7. The summed E-state index contributed by atoms with van der Waals surface area (Å²) < 4.78 is 0. The molecule has 0 bridgehead atoms. The minimum absolute atomic E-state index is 0.684. The molecule has 0 aliphatic carbocycles. The zero-order valence-electron chi connectivity index (χ0n) is 11.9. The lowest BCUT2D eigenvalue weighted by molar-refractivity contribution is 0.0585. The van der Waals surface area contributed by atoms with E-state index < -0.39 is 5.60 Å². The summed E-state index contributed by atoms with van der Waals surface area (Å²) in [6.45, 7) is 6.21. The average Bonchev–Trinajstić information content (AvgIpc) is 2.85. The number of thiophene rings is 1. The SMILES string of the molecule is CCc1ccc(C(C)(O)Cc2ccc(CC)s2)cc1. The van der Waals surface area contributed by atoms with E-state index in [9.17, 15) is 5.11 Å². The minimum atomic E-state index is -0.790. The normalized spacial score (nSPS) is 14.3. The van der Waals surface area contributed by atoms with Gasteiger partial charge in [0, 0.05) is 16.2 Å². The van der Waals surface area contributed by atoms with Gasteiger partial charge >= 0.3 is 0 Å². The molecule has 0 saturated heterocycles. The van der Waals surface area contributed by atoms with Gasteiger partial charge in [-0.05, 0) is 43.0 Å². The van der Waals surface area contributed by atoms with Crippen molar-refractivity contribution in [2.45, 2.75) is 45.6 Å². The predicted octanol–water partition coefficient (Wildman–Crippen LogP) is 4.32. The number of benzene rings is 1. The standard InChI is InChI=1S/C17H22OS/c1-4-13-6-8-14(9-7-13)17(3,18)12-16-11-10-15(5-2)19-16/h6-11,18H,4-5,12H2,1-3H3. The summed E-state index contributed by atoms with van der Waals surface area (Å²) in [6, 6.07) is 12.6. The Kier molecular flexibility index (Phi) is 4.43. The second-order valence-electron chi connectivity index (χ2n) is 5.22. The van der Waals surface area contributed by atoms with Crippen molar-refractivity contribution in [1.29, 1.82) is 0 Å². The number of rotatable bonds is 5. The van der Waals surface area contributed by atoms with Crippen LogP contribution in [0.2, 0.25) is 0 Å². The molecule has 1 aromatic carbocycles. The maximum Gasteiger partial charge on any atom is 0.0916 e. The Balaban J connectivity index is 2.16. The molecule has 1 heterocycles. The van der Waals surface area contributed by atoms with Crippen LogP contribution in [-0.4, -0.2) is 5.11 Å². The summed E-state index contributed by atoms with van der Waals surface area (Å²) in [5, 5.41) is 10.7. The monoisotopic (exact) mass is 274 g/mol. The molecule has 0 aliphatic heterocycles. The van der Waals surface area contributed by atoms with Crippen LogP contribution in [0.15, 0.2) is 36.4 Å². The van der Waals surface area contributed by atoms with Crippen molar-refractivity contribution < 1.29 is 5.11 Å². The zero-order valence-corrected chi connectivity index (χ0v) is 12.8. The quantitative estimate of drug-likeness (QED) is 0.860. The number of hydrogen-bond acceptors (Lipinski definition) is 2. The van der Waals surface area contributed by atoms with Gasteiger partial charge < -0.3 is 5.11 Å². The van der Waals surface area contributed by atoms with Crippen molar-refractivity contribution in [2.24, 2.45) is 0 Å². The number of aliphatic hydroxyl groups is 1. The molecular formula is C17H22OS. The first-order chi connectivity index (χ1) is 9.05. The topological polar surface area (TPSA) is 20.2 Å². The summed E-state index contributed by atoms with van der Waals surface area (Å²) in [5.41, 5.74) is 1.52. The van der Waals surface area contributed by atoms with E-state index in [-0.39, 0.29) is 0 Å². The zero-order chi connectivity index (χ0) is 13.9. The van der Waals surface area contributed by atoms with E-state index >= 15 is 0 Å². The van der Waals surface area contributed by atoms with Crippen LogP contribution in [0.5, 0.6) is 0 Å². The third-order valence-electron chi connectivity index (χ3n) is 3.57. The van der Waals surface area contributed by atoms with Crippen LogP contribution in [0.25, 0.3) is 0 Å². The number of hydrogen-bond donors (Lipinski definition) is 1. The molecule has 1 N–H and O–H groups in total. The van der Waals surface area contributed by atoms with Gasteiger partial charge in [0.15, 0.2) is 0 Å². The Hall–Kier alpha value is -1.12. The molecular weight excluding hydrogens is 252 g/mol. The van der Waals surface area contributed by atoms with Gasteiger partial charge in [0.1, 0.15) is 0 Å². The predicted molar refractivity (Wildman–Crippen MR) is 82.8 cm³/mol. The first kappa shape index (κ1) is 14.3. The van der Waals surface area contributed by atoms with Gasteiger partial charge in [0.25, 0.3) is 0 Å². The number of aryl methyl sites for hydroxylation is 2. The van der Waals surface area contributed by atoms with Crippen LogP contribution < -0.4 is 0 Å². The summed E-state index contributed by atoms with van der Waals surface area (Å²) in [4.78, 5) is 2.63. The summed E-state index contributed by atoms with van der Waals surface area (Å²) in [5.74, 6) is 0. The van der Waals surface area contributed by atoms with Crippen molar-refractivity contribution in [1.82, 2.24) is 0 Å². The van der Waals surface area contributed by atoms with Crippen LogP contribution in [0.4, 0.5) is 0 Å². The van der Waals surface area contributed by atoms with Gasteiger partial charge in [-0.3, -0.25) is 0 Å². The van der Waals surface area contributed by atoms with Crippen LogP contribution in [0.1, 0.15) is 41.7 Å². The highest BCUT2D eigenvalue weighted by Crippen LogP contribution is 2.29. The lowest BCUT2D eigenvalue weighted by Crippen LogP contribution is -2.23. The van der Waals surface area contributed by atoms with Crippen molar-refractivity contribution in [2.75, 3.05) is 0 Å². The molecule has 19 heavy (non-hydrogen) atoms. The van der Waals surface area contributed by atoms with Crippen LogP contribution >= 0.6 is 11.3 Å². The van der Waals surface area contributed by atoms with E-state index in [0.29, 0.717) is 6.42 Å². The van der Waals surface area contributed by atoms with E-state index in [2.05, 4.69) is 38.1 Å². The minimum Gasteiger partial charge on any atom is -0.385 e. The molecule has 1 unspecified atom stereocenters. The molecule has 2 heteroatoms. The lowest BCUT2D eigenvalue weighted by atomic mass is 9.91. The van der Waals surface area contributed by atoms with Crippen LogP contribution in [0.3, 0.4) is 0 Å². The highest BCUT2D eigenvalue weighted by Gasteiger charge is 2.24. The van der Waals surface area contributed by atoms with E-state index in [4.69, 9.17) is 0 Å². The van der Waals surface area contributed by atoms with Crippen molar-refractivity contribution in [3.05, 3.63) is 57.3 Å². The highest BCUT2D eigenvalue weighted by molar-refractivity contribution is 7.12. The van der Waals surface area contributed by atoms with Crippen LogP contribution in [0, 0.1) is 0 Å². The maximum absolute atomic E-state index is 10.7. The van der Waals surface area contributed by atoms with Crippen molar-refractivity contribution in [3.63, 3.8) is 0 Å². The van der Waals surface area contributed by atoms with E-state index in [1.807, 2.05) is 19.1 Å². The molecule has 102 valence electrons. The molecule has 0 fully saturated rings. The molecule has 0 spiro atoms. The fourth-order valence-corrected chi connectivity index (χ4v) is 3.35. The first-order valence-corrected chi connectivity index (χ1v) is 7.76. The summed E-state index contributed by atoms with van der Waals surface area (Å²) in [7, 11) is 0. The van der Waals surface area contributed by atoms with Crippen LogP contribution in [-0.2, 0) is 24.9 Å². The second kappa shape index (κ2) is 5.89. The van der Waals surface area contributed by atoms with Gasteiger partial charge in [-0.15, -0.1) is 11.3 Å². The van der Waals surface area contributed by atoms with Crippen molar-refractivity contribution >= 4 is 11.3 Å². The smallest absolute Gasteiger partial charge is 0.0916 e. The molecule has 0 saturated carbocycles. The highest BCUT2D eigenvalue weighted by atomic mass is 32.1. The summed E-state index contributed by atoms with van der Waals surface area (Å²) >= 11 is 1.80. The molecule has 1 aromatic heterocycles. The molecule has 1 nitrogen and oxygen atoms in total. The molecule has 0 amide bonds. The van der Waals surface area contributed by atoms with Gasteiger partial charge in [-0.25, -0.2) is 0 Å². The van der Waals surface area contributed by atoms with Gasteiger partial charge in [-0.1, -0.05) is 38.1 Å². The molecule has 2 aromatic rings. The Labute approximate surface area is 119 Å². The van der Waals surface area contributed by atoms with Gasteiger partial charge in [0.05, 0.1) is 5.60 Å². The molecule has 2 rings (SSSR count). The van der Waals surface area contributed by atoms with E-state index in [1.54, 1.807) is 11.3 Å². The van der Waals surface area contributed by atoms with Crippen molar-refractivity contribution in [3.8, 4) is 0 Å². The largest absolute Gasteiger partial charge is 0.385 e. The Morgan fingerprint density at radius 3 is 2.11 bits per heavy atom. The molecule has 0 aliphatic rings. The fraction of sp³-hybridized carbons (Fsp3) is 0.412. The Morgan fingerprint density at radius 2 is 1.58 bits per heavy atom. The lowest BCUT2D eigenvalue weighted by Gasteiger charge is -2.23. The van der Waals surface area contributed by atoms with Gasteiger partial charge in [-0.2, -0.15) is 0 Å². The third kappa shape index (κ3) is 3.46.